The highest BCUT2D eigenvalue weighted by molar-refractivity contribution is 5.80. The zero-order chi connectivity index (χ0) is 10.8. The highest BCUT2D eigenvalue weighted by Crippen LogP contribution is 2.31. The number of Topliss-reactive ketones (excluding diaryl/α,β-unsaturated/α-hetero) is 1. The van der Waals surface area contributed by atoms with Gasteiger partial charge in [-0.25, -0.2) is 4.39 Å². The van der Waals surface area contributed by atoms with Gasteiger partial charge in [-0.2, -0.15) is 0 Å². The van der Waals surface area contributed by atoms with Crippen molar-refractivity contribution >= 4 is 5.78 Å². The summed E-state index contributed by atoms with van der Waals surface area (Å²) in [4.78, 5) is 11.3. The van der Waals surface area contributed by atoms with Crippen molar-refractivity contribution in [2.75, 3.05) is 0 Å². The largest absolute Gasteiger partial charge is 0.392 e. The summed E-state index contributed by atoms with van der Waals surface area (Å²) in [7, 11) is 0. The van der Waals surface area contributed by atoms with Gasteiger partial charge in [-0.15, -0.1) is 0 Å². The van der Waals surface area contributed by atoms with Gasteiger partial charge in [0.1, 0.15) is 11.6 Å². The van der Waals surface area contributed by atoms with Crippen LogP contribution >= 0.6 is 0 Å². The first-order valence-electron chi connectivity index (χ1n) is 5.12. The highest BCUT2D eigenvalue weighted by atomic mass is 19.1. The first-order chi connectivity index (χ1) is 7.16. The van der Waals surface area contributed by atoms with Gasteiger partial charge in [-0.05, 0) is 24.1 Å². The van der Waals surface area contributed by atoms with Crippen molar-refractivity contribution < 1.29 is 14.3 Å². The van der Waals surface area contributed by atoms with Crippen LogP contribution in [0.4, 0.5) is 4.39 Å². The Hall–Kier alpha value is -1.22. The molecular weight excluding hydrogens is 195 g/mol. The van der Waals surface area contributed by atoms with Crippen molar-refractivity contribution in [1.29, 1.82) is 0 Å². The quantitative estimate of drug-likeness (QED) is 0.766. The molecule has 0 aromatic heterocycles. The number of aliphatic hydroxyl groups is 1. The van der Waals surface area contributed by atoms with E-state index in [-0.39, 0.29) is 17.5 Å². The van der Waals surface area contributed by atoms with Crippen molar-refractivity contribution in [2.45, 2.75) is 31.3 Å². The summed E-state index contributed by atoms with van der Waals surface area (Å²) in [5.74, 6) is -0.281. The van der Waals surface area contributed by atoms with Crippen LogP contribution in [0.1, 0.15) is 30.7 Å². The third-order valence-electron chi connectivity index (χ3n) is 2.93. The minimum atomic E-state index is -0.479. The molecule has 80 valence electrons. The van der Waals surface area contributed by atoms with E-state index in [0.717, 1.165) is 5.56 Å². The second-order valence-electron chi connectivity index (χ2n) is 4.01. The molecule has 0 radical (unpaired) electrons. The van der Waals surface area contributed by atoms with Gasteiger partial charge in [0.25, 0.3) is 0 Å². The molecule has 0 spiro atoms. The molecule has 0 heterocycles. The molecule has 0 unspecified atom stereocenters. The maximum atomic E-state index is 12.7. The number of hydrogen-bond acceptors (Lipinski definition) is 2. The zero-order valence-corrected chi connectivity index (χ0v) is 8.32. The van der Waals surface area contributed by atoms with Gasteiger partial charge in [0.15, 0.2) is 0 Å². The van der Waals surface area contributed by atoms with Crippen molar-refractivity contribution in [2.24, 2.45) is 0 Å². The molecule has 15 heavy (non-hydrogen) atoms. The molecule has 3 heteroatoms. The summed E-state index contributed by atoms with van der Waals surface area (Å²) in [6.45, 7) is 0. The SMILES string of the molecule is O=C1CC[C@H](O)[C@@H](c2ccc(F)cc2)C1. The molecule has 0 amide bonds. The number of ketones is 1. The number of rotatable bonds is 1. The van der Waals surface area contributed by atoms with E-state index in [1.54, 1.807) is 12.1 Å². The Kier molecular flexibility index (Phi) is 2.82. The van der Waals surface area contributed by atoms with Gasteiger partial charge < -0.3 is 5.11 Å². The van der Waals surface area contributed by atoms with Crippen molar-refractivity contribution in [3.8, 4) is 0 Å². The fourth-order valence-corrected chi connectivity index (χ4v) is 2.04. The second-order valence-corrected chi connectivity index (χ2v) is 4.01. The zero-order valence-electron chi connectivity index (χ0n) is 8.32. The number of hydrogen-bond donors (Lipinski definition) is 1. The van der Waals surface area contributed by atoms with Crippen molar-refractivity contribution in [1.82, 2.24) is 0 Å². The Labute approximate surface area is 87.7 Å². The van der Waals surface area contributed by atoms with Gasteiger partial charge in [0, 0.05) is 18.8 Å². The Morgan fingerprint density at radius 3 is 2.60 bits per heavy atom. The lowest BCUT2D eigenvalue weighted by Crippen LogP contribution is -2.27. The number of benzene rings is 1. The van der Waals surface area contributed by atoms with Crippen molar-refractivity contribution in [3.63, 3.8) is 0 Å². The maximum Gasteiger partial charge on any atom is 0.133 e. The van der Waals surface area contributed by atoms with Gasteiger partial charge in [-0.1, -0.05) is 12.1 Å². The third kappa shape index (κ3) is 2.23. The van der Waals surface area contributed by atoms with E-state index in [1.807, 2.05) is 0 Å². The predicted molar refractivity (Wildman–Crippen MR) is 54.0 cm³/mol. The Bertz CT molecular complexity index is 358. The van der Waals surface area contributed by atoms with Crippen LogP contribution in [-0.2, 0) is 4.79 Å². The van der Waals surface area contributed by atoms with Crippen molar-refractivity contribution in [3.05, 3.63) is 35.6 Å². The highest BCUT2D eigenvalue weighted by Gasteiger charge is 2.28. The number of carbonyl (C=O) groups excluding carboxylic acids is 1. The lowest BCUT2D eigenvalue weighted by atomic mass is 9.81. The molecule has 1 fully saturated rings. The normalized spacial score (nSPS) is 26.7. The summed E-state index contributed by atoms with van der Waals surface area (Å²) in [5, 5.41) is 9.76. The van der Waals surface area contributed by atoms with Gasteiger partial charge in [-0.3, -0.25) is 4.79 Å². The lowest BCUT2D eigenvalue weighted by molar-refractivity contribution is -0.122. The fraction of sp³-hybridized carbons (Fsp3) is 0.417. The summed E-state index contributed by atoms with van der Waals surface area (Å²) < 4.78 is 12.7. The lowest BCUT2D eigenvalue weighted by Gasteiger charge is -2.27. The van der Waals surface area contributed by atoms with Gasteiger partial charge in [0.2, 0.25) is 0 Å². The molecule has 1 saturated carbocycles. The van der Waals surface area contributed by atoms with E-state index < -0.39 is 6.10 Å². The van der Waals surface area contributed by atoms with E-state index in [2.05, 4.69) is 0 Å². The Balaban J connectivity index is 2.21. The molecule has 1 aromatic rings. The Morgan fingerprint density at radius 2 is 1.93 bits per heavy atom. The summed E-state index contributed by atoms with van der Waals surface area (Å²) in [6, 6.07) is 6.01. The molecule has 1 N–H and O–H groups in total. The molecule has 2 nitrogen and oxygen atoms in total. The maximum absolute atomic E-state index is 12.7. The average molecular weight is 208 g/mol. The number of carbonyl (C=O) groups is 1. The minimum absolute atomic E-state index is 0.160. The van der Waals surface area contributed by atoms with Crippen LogP contribution in [-0.4, -0.2) is 17.0 Å². The first kappa shape index (κ1) is 10.3. The molecule has 2 rings (SSSR count). The number of halogens is 1. The number of aliphatic hydroxyl groups excluding tert-OH is 1. The monoisotopic (exact) mass is 208 g/mol. The summed E-state index contributed by atoms with van der Waals surface area (Å²) in [5.41, 5.74) is 0.844. The van der Waals surface area contributed by atoms with E-state index >= 15 is 0 Å². The van der Waals surface area contributed by atoms with Crippen LogP contribution in [0, 0.1) is 5.82 Å². The second kappa shape index (κ2) is 4.11. The fourth-order valence-electron chi connectivity index (χ4n) is 2.04. The first-order valence-corrected chi connectivity index (χ1v) is 5.12. The van der Waals surface area contributed by atoms with E-state index in [0.29, 0.717) is 19.3 Å². The standard InChI is InChI=1S/C12H13FO2/c13-9-3-1-8(2-4-9)11-7-10(14)5-6-12(11)15/h1-4,11-12,15H,5-7H2/t11-,12+/m1/s1. The third-order valence-corrected chi connectivity index (χ3v) is 2.93. The summed E-state index contributed by atoms with van der Waals surface area (Å²) in [6.07, 6.45) is 0.861. The molecule has 1 aliphatic carbocycles. The van der Waals surface area contributed by atoms with Crippen LogP contribution in [0.3, 0.4) is 0 Å². The molecule has 1 aliphatic rings. The minimum Gasteiger partial charge on any atom is -0.392 e. The van der Waals surface area contributed by atoms with Crippen LogP contribution in [0.5, 0.6) is 0 Å². The van der Waals surface area contributed by atoms with Crippen LogP contribution < -0.4 is 0 Å². The van der Waals surface area contributed by atoms with Gasteiger partial charge in [0.05, 0.1) is 6.10 Å². The molecule has 0 aliphatic heterocycles. The molecule has 0 bridgehead atoms. The predicted octanol–water partition coefficient (Wildman–Crippen LogP) is 2.02. The molecule has 1 aromatic carbocycles. The van der Waals surface area contributed by atoms with Crippen LogP contribution in [0.2, 0.25) is 0 Å². The van der Waals surface area contributed by atoms with E-state index in [1.165, 1.54) is 12.1 Å². The van der Waals surface area contributed by atoms with E-state index in [4.69, 9.17) is 0 Å². The molecule has 2 atom stereocenters. The Morgan fingerprint density at radius 1 is 1.27 bits per heavy atom. The average Bonchev–Trinajstić information content (AvgIpc) is 2.23. The van der Waals surface area contributed by atoms with Gasteiger partial charge >= 0.3 is 0 Å². The smallest absolute Gasteiger partial charge is 0.133 e. The van der Waals surface area contributed by atoms with E-state index in [9.17, 15) is 14.3 Å². The topological polar surface area (TPSA) is 37.3 Å². The molecule has 0 saturated heterocycles. The summed E-state index contributed by atoms with van der Waals surface area (Å²) >= 11 is 0. The molecular formula is C12H13FO2. The van der Waals surface area contributed by atoms with Crippen LogP contribution in [0.25, 0.3) is 0 Å². The van der Waals surface area contributed by atoms with Crippen LogP contribution in [0.15, 0.2) is 24.3 Å².